The zero-order valence-corrected chi connectivity index (χ0v) is 7.57. The summed E-state index contributed by atoms with van der Waals surface area (Å²) in [6.07, 6.45) is 1.90. The fourth-order valence-electron chi connectivity index (χ4n) is 1.55. The minimum atomic E-state index is 0.0286. The van der Waals surface area contributed by atoms with Gasteiger partial charge in [0.05, 0.1) is 0 Å². The van der Waals surface area contributed by atoms with Crippen LogP contribution in [0.5, 0.6) is 0 Å². The molecule has 2 heteroatoms. The fraction of sp³-hybridized carbons (Fsp3) is 0.182. The number of nitrogens with zero attached hydrogens (tertiary/aromatic N) is 1. The van der Waals surface area contributed by atoms with Gasteiger partial charge in [-0.3, -0.25) is 0 Å². The van der Waals surface area contributed by atoms with E-state index in [1.165, 1.54) is 10.9 Å². The molecular weight excluding hydrogens is 162 g/mol. The molecule has 1 heterocycles. The number of pyridine rings is 1. The molecule has 0 aliphatic rings. The Morgan fingerprint density at radius 2 is 2.00 bits per heavy atom. The summed E-state index contributed by atoms with van der Waals surface area (Å²) in [7, 11) is 0. The summed E-state index contributed by atoms with van der Waals surface area (Å²) in [5.41, 5.74) is 2.31. The lowest BCUT2D eigenvalue weighted by Gasteiger charge is -2.00. The van der Waals surface area contributed by atoms with Gasteiger partial charge in [0.1, 0.15) is 0 Å². The molecule has 2 aromatic rings. The number of hydrogen-bond donors (Lipinski definition) is 1. The summed E-state index contributed by atoms with van der Waals surface area (Å²) in [5.74, 6) is 0. The van der Waals surface area contributed by atoms with Crippen molar-refractivity contribution < 1.29 is 9.67 Å². The Hall–Kier alpha value is -1.41. The second-order valence-electron chi connectivity index (χ2n) is 3.13. The monoisotopic (exact) mass is 174 g/mol. The molecular formula is C11H12NO+. The highest BCUT2D eigenvalue weighted by molar-refractivity contribution is 5.78. The maximum atomic E-state index is 9.09. The van der Waals surface area contributed by atoms with Crippen molar-refractivity contribution in [3.63, 3.8) is 0 Å². The lowest BCUT2D eigenvalue weighted by Crippen LogP contribution is -2.33. The van der Waals surface area contributed by atoms with E-state index in [0.717, 1.165) is 5.52 Å². The Labute approximate surface area is 77.1 Å². The van der Waals surface area contributed by atoms with E-state index in [9.17, 15) is 0 Å². The van der Waals surface area contributed by atoms with Gasteiger partial charge in [0.2, 0.25) is 5.52 Å². The number of aliphatic hydroxyl groups excluding tert-OH is 1. The molecule has 0 spiro atoms. The molecule has 0 fully saturated rings. The van der Waals surface area contributed by atoms with Gasteiger partial charge in [0.15, 0.2) is 6.20 Å². The maximum absolute atomic E-state index is 9.09. The first-order valence-corrected chi connectivity index (χ1v) is 4.31. The number of rotatable bonds is 1. The quantitative estimate of drug-likeness (QED) is 0.649. The third-order valence-corrected chi connectivity index (χ3v) is 2.30. The Morgan fingerprint density at radius 3 is 2.77 bits per heavy atom. The van der Waals surface area contributed by atoms with Crippen LogP contribution in [0.25, 0.3) is 10.9 Å². The number of aryl methyl sites for hydroxylation is 1. The van der Waals surface area contributed by atoms with Crippen LogP contribution in [-0.4, -0.2) is 5.11 Å². The largest absolute Gasteiger partial charge is 0.339 e. The standard InChI is InChI=1S/C11H12NO/c1-9-6-7-12(8-13)11-5-3-2-4-10(9)11/h2-7,13H,8H2,1H3/q+1. The van der Waals surface area contributed by atoms with Crippen LogP contribution >= 0.6 is 0 Å². The second-order valence-corrected chi connectivity index (χ2v) is 3.13. The highest BCUT2D eigenvalue weighted by Gasteiger charge is 2.07. The molecule has 1 aromatic heterocycles. The fourth-order valence-corrected chi connectivity index (χ4v) is 1.55. The van der Waals surface area contributed by atoms with E-state index < -0.39 is 0 Å². The van der Waals surface area contributed by atoms with Crippen LogP contribution in [0.3, 0.4) is 0 Å². The van der Waals surface area contributed by atoms with Crippen molar-refractivity contribution in [3.05, 3.63) is 42.1 Å². The molecule has 0 radical (unpaired) electrons. The van der Waals surface area contributed by atoms with Gasteiger partial charge in [0.25, 0.3) is 6.73 Å². The Morgan fingerprint density at radius 1 is 1.23 bits per heavy atom. The van der Waals surface area contributed by atoms with Crippen molar-refractivity contribution in [1.29, 1.82) is 0 Å². The number of benzene rings is 1. The third kappa shape index (κ3) is 1.29. The van der Waals surface area contributed by atoms with Crippen molar-refractivity contribution in [2.24, 2.45) is 0 Å². The topological polar surface area (TPSA) is 24.1 Å². The lowest BCUT2D eigenvalue weighted by atomic mass is 10.1. The summed E-state index contributed by atoms with van der Waals surface area (Å²) in [5, 5.41) is 10.3. The van der Waals surface area contributed by atoms with Crippen molar-refractivity contribution in [2.75, 3.05) is 0 Å². The predicted molar refractivity (Wildman–Crippen MR) is 51.1 cm³/mol. The zero-order chi connectivity index (χ0) is 9.26. The summed E-state index contributed by atoms with van der Waals surface area (Å²) in [4.78, 5) is 0. The minimum Gasteiger partial charge on any atom is -0.339 e. The van der Waals surface area contributed by atoms with E-state index in [4.69, 9.17) is 5.11 Å². The van der Waals surface area contributed by atoms with Crippen LogP contribution in [0.15, 0.2) is 36.5 Å². The van der Waals surface area contributed by atoms with E-state index >= 15 is 0 Å². The van der Waals surface area contributed by atoms with Crippen molar-refractivity contribution in [3.8, 4) is 0 Å². The number of fused-ring (bicyclic) bond motifs is 1. The van der Waals surface area contributed by atoms with E-state index in [-0.39, 0.29) is 6.73 Å². The second kappa shape index (κ2) is 3.15. The predicted octanol–water partition coefficient (Wildman–Crippen LogP) is 1.39. The summed E-state index contributed by atoms with van der Waals surface area (Å²) >= 11 is 0. The van der Waals surface area contributed by atoms with E-state index in [0.29, 0.717) is 0 Å². The molecule has 0 bridgehead atoms. The summed E-state index contributed by atoms with van der Waals surface area (Å²) in [6.45, 7) is 2.10. The van der Waals surface area contributed by atoms with E-state index in [2.05, 4.69) is 13.0 Å². The highest BCUT2D eigenvalue weighted by atomic mass is 16.3. The Balaban J connectivity index is 2.84. The van der Waals surface area contributed by atoms with E-state index in [1.807, 2.05) is 35.0 Å². The lowest BCUT2D eigenvalue weighted by molar-refractivity contribution is -0.706. The van der Waals surface area contributed by atoms with Crippen molar-refractivity contribution >= 4 is 10.9 Å². The molecule has 2 nitrogen and oxygen atoms in total. The van der Waals surface area contributed by atoms with Crippen LogP contribution in [0, 0.1) is 6.92 Å². The molecule has 1 N–H and O–H groups in total. The van der Waals surface area contributed by atoms with Gasteiger partial charge in [-0.05, 0) is 18.6 Å². The molecule has 0 atom stereocenters. The molecule has 13 heavy (non-hydrogen) atoms. The van der Waals surface area contributed by atoms with Crippen LogP contribution in [0.1, 0.15) is 5.56 Å². The Bertz CT molecular complexity index is 437. The number of aromatic nitrogens is 1. The average Bonchev–Trinajstić information content (AvgIpc) is 2.19. The van der Waals surface area contributed by atoms with Gasteiger partial charge in [-0.2, -0.15) is 4.57 Å². The maximum Gasteiger partial charge on any atom is 0.250 e. The van der Waals surface area contributed by atoms with Crippen LogP contribution in [0.2, 0.25) is 0 Å². The van der Waals surface area contributed by atoms with Gasteiger partial charge in [-0.1, -0.05) is 12.1 Å². The first-order chi connectivity index (χ1) is 6.33. The van der Waals surface area contributed by atoms with Gasteiger partial charge in [0, 0.05) is 17.5 Å². The minimum absolute atomic E-state index is 0.0286. The van der Waals surface area contributed by atoms with Gasteiger partial charge < -0.3 is 5.11 Å². The first-order valence-electron chi connectivity index (χ1n) is 4.31. The molecule has 0 aliphatic heterocycles. The highest BCUT2D eigenvalue weighted by Crippen LogP contribution is 2.13. The smallest absolute Gasteiger partial charge is 0.250 e. The van der Waals surface area contributed by atoms with Gasteiger partial charge in [-0.15, -0.1) is 0 Å². The SMILES string of the molecule is Cc1cc[n+](CO)c2ccccc12. The molecule has 0 amide bonds. The molecule has 1 aromatic carbocycles. The molecule has 0 unspecified atom stereocenters. The van der Waals surface area contributed by atoms with Gasteiger partial charge >= 0.3 is 0 Å². The molecule has 2 rings (SSSR count). The molecule has 66 valence electrons. The molecule has 0 saturated heterocycles. The third-order valence-electron chi connectivity index (χ3n) is 2.30. The number of para-hydroxylation sites is 1. The Kier molecular flexibility index (Phi) is 1.99. The summed E-state index contributed by atoms with van der Waals surface area (Å²) < 4.78 is 1.82. The van der Waals surface area contributed by atoms with Crippen LogP contribution < -0.4 is 4.57 Å². The first kappa shape index (κ1) is 8.20. The molecule has 0 aliphatic carbocycles. The number of hydrogen-bond acceptors (Lipinski definition) is 1. The normalized spacial score (nSPS) is 10.6. The van der Waals surface area contributed by atoms with Crippen molar-refractivity contribution in [1.82, 2.24) is 0 Å². The van der Waals surface area contributed by atoms with Crippen LogP contribution in [0.4, 0.5) is 0 Å². The van der Waals surface area contributed by atoms with Crippen molar-refractivity contribution in [2.45, 2.75) is 13.7 Å². The van der Waals surface area contributed by atoms with Crippen LogP contribution in [-0.2, 0) is 6.73 Å². The van der Waals surface area contributed by atoms with E-state index in [1.54, 1.807) is 0 Å². The molecule has 0 saturated carbocycles. The van der Waals surface area contributed by atoms with Gasteiger partial charge in [-0.25, -0.2) is 0 Å². The average molecular weight is 174 g/mol. The zero-order valence-electron chi connectivity index (χ0n) is 7.57. The summed E-state index contributed by atoms with van der Waals surface area (Å²) in [6, 6.07) is 10.1. The number of aliphatic hydroxyl groups is 1.